The lowest BCUT2D eigenvalue weighted by atomic mass is 10.2. The summed E-state index contributed by atoms with van der Waals surface area (Å²) in [5.41, 5.74) is 1.78. The van der Waals surface area contributed by atoms with Gasteiger partial charge in [-0.1, -0.05) is 12.1 Å². The Hall–Kier alpha value is -1.77. The largest absolute Gasteiger partial charge is 0.459 e. The van der Waals surface area contributed by atoms with Crippen molar-refractivity contribution in [3.05, 3.63) is 30.0 Å². The summed E-state index contributed by atoms with van der Waals surface area (Å²) in [5.74, 6) is 0.845. The molecule has 0 aliphatic heterocycles. The smallest absolute Gasteiger partial charge is 0.136 e. The Morgan fingerprint density at radius 3 is 2.93 bits per heavy atom. The first kappa shape index (κ1) is 8.81. The van der Waals surface area contributed by atoms with Crippen molar-refractivity contribution in [2.45, 2.75) is 6.92 Å². The highest BCUT2D eigenvalue weighted by Crippen LogP contribution is 2.31. The summed E-state index contributed by atoms with van der Waals surface area (Å²) in [6.45, 7) is 1.92. The zero-order valence-electron chi connectivity index (χ0n) is 8.24. The number of fused-ring (bicyclic) bond motifs is 1. The minimum atomic E-state index is 0.845. The van der Waals surface area contributed by atoms with E-state index >= 15 is 0 Å². The van der Waals surface area contributed by atoms with E-state index < -0.39 is 0 Å². The van der Waals surface area contributed by atoms with E-state index in [1.807, 2.05) is 38.2 Å². The van der Waals surface area contributed by atoms with E-state index in [1.54, 1.807) is 6.34 Å². The second kappa shape index (κ2) is 3.54. The van der Waals surface area contributed by atoms with Crippen molar-refractivity contribution in [1.82, 2.24) is 5.32 Å². The lowest BCUT2D eigenvalue weighted by Gasteiger charge is -1.90. The maximum absolute atomic E-state index is 5.55. The summed E-state index contributed by atoms with van der Waals surface area (Å²) < 4.78 is 5.55. The van der Waals surface area contributed by atoms with Crippen molar-refractivity contribution < 1.29 is 4.42 Å². The summed E-state index contributed by atoms with van der Waals surface area (Å²) in [4.78, 5) is 4.28. The van der Waals surface area contributed by atoms with Crippen LogP contribution in [0.25, 0.3) is 11.0 Å². The van der Waals surface area contributed by atoms with Gasteiger partial charge in [-0.25, -0.2) is 4.99 Å². The van der Waals surface area contributed by atoms with Crippen molar-refractivity contribution in [3.63, 3.8) is 0 Å². The van der Waals surface area contributed by atoms with Gasteiger partial charge in [-0.15, -0.1) is 0 Å². The van der Waals surface area contributed by atoms with Crippen LogP contribution < -0.4 is 5.32 Å². The van der Waals surface area contributed by atoms with E-state index in [-0.39, 0.29) is 0 Å². The third-order valence-electron chi connectivity index (χ3n) is 2.06. The lowest BCUT2D eigenvalue weighted by Crippen LogP contribution is -1.99. The molecular formula is C11H12N2O. The Balaban J connectivity index is 2.62. The molecule has 14 heavy (non-hydrogen) atoms. The van der Waals surface area contributed by atoms with Crippen LogP contribution in [0.2, 0.25) is 0 Å². The Labute approximate surface area is 82.4 Å². The lowest BCUT2D eigenvalue weighted by molar-refractivity contribution is 0.579. The number of aryl methyl sites for hydroxylation is 1. The zero-order chi connectivity index (χ0) is 9.97. The maximum Gasteiger partial charge on any atom is 0.136 e. The molecule has 0 unspecified atom stereocenters. The number of nitrogens with one attached hydrogen (secondary N) is 1. The fraction of sp³-hybridized carbons (Fsp3) is 0.182. The molecule has 0 radical (unpaired) electrons. The number of aliphatic imine (C=N–C) groups is 1. The van der Waals surface area contributed by atoms with Gasteiger partial charge in [0, 0.05) is 12.4 Å². The molecule has 0 atom stereocenters. The van der Waals surface area contributed by atoms with E-state index in [0.29, 0.717) is 0 Å². The number of hydrogen-bond acceptors (Lipinski definition) is 2. The number of para-hydroxylation sites is 1. The molecule has 0 aliphatic rings. The molecule has 0 amide bonds. The average molecular weight is 188 g/mol. The second-order valence-corrected chi connectivity index (χ2v) is 3.05. The van der Waals surface area contributed by atoms with Crippen LogP contribution in [0.1, 0.15) is 5.76 Å². The predicted octanol–water partition coefficient (Wildman–Crippen LogP) is 2.62. The van der Waals surface area contributed by atoms with E-state index in [4.69, 9.17) is 4.42 Å². The van der Waals surface area contributed by atoms with Crippen LogP contribution >= 0.6 is 0 Å². The fourth-order valence-corrected chi connectivity index (χ4v) is 1.44. The number of hydrogen-bond donors (Lipinski definition) is 1. The summed E-state index contributed by atoms with van der Waals surface area (Å²) >= 11 is 0. The highest BCUT2D eigenvalue weighted by Gasteiger charge is 2.07. The van der Waals surface area contributed by atoms with E-state index in [1.165, 1.54) is 0 Å². The normalized spacial score (nSPS) is 11.3. The van der Waals surface area contributed by atoms with Crippen molar-refractivity contribution in [3.8, 4) is 0 Å². The van der Waals surface area contributed by atoms with Gasteiger partial charge in [-0.2, -0.15) is 0 Å². The zero-order valence-corrected chi connectivity index (χ0v) is 8.24. The molecule has 2 aromatic rings. The Morgan fingerprint density at radius 2 is 2.14 bits per heavy atom. The van der Waals surface area contributed by atoms with Gasteiger partial charge < -0.3 is 9.73 Å². The van der Waals surface area contributed by atoms with Gasteiger partial charge in [0.25, 0.3) is 0 Å². The Bertz CT molecular complexity index is 471. The highest BCUT2D eigenvalue weighted by atomic mass is 16.3. The van der Waals surface area contributed by atoms with E-state index in [9.17, 15) is 0 Å². The fourth-order valence-electron chi connectivity index (χ4n) is 1.44. The Kier molecular flexibility index (Phi) is 2.23. The van der Waals surface area contributed by atoms with Crippen molar-refractivity contribution in [2.24, 2.45) is 4.99 Å². The number of rotatable bonds is 2. The van der Waals surface area contributed by atoms with Gasteiger partial charge in [0.15, 0.2) is 0 Å². The summed E-state index contributed by atoms with van der Waals surface area (Å²) in [5, 5.41) is 3.92. The van der Waals surface area contributed by atoms with E-state index in [0.717, 1.165) is 22.4 Å². The van der Waals surface area contributed by atoms with Crippen LogP contribution in [0.15, 0.2) is 33.7 Å². The molecule has 3 heteroatoms. The van der Waals surface area contributed by atoms with Crippen LogP contribution in [0, 0.1) is 6.92 Å². The van der Waals surface area contributed by atoms with Gasteiger partial charge in [-0.05, 0) is 19.1 Å². The molecule has 1 aromatic heterocycles. The van der Waals surface area contributed by atoms with Crippen molar-refractivity contribution in [1.29, 1.82) is 0 Å². The first-order valence-corrected chi connectivity index (χ1v) is 4.51. The molecule has 2 rings (SSSR count). The molecule has 3 nitrogen and oxygen atoms in total. The molecule has 0 spiro atoms. The summed E-state index contributed by atoms with van der Waals surface area (Å²) in [6, 6.07) is 7.89. The summed E-state index contributed by atoms with van der Waals surface area (Å²) in [7, 11) is 1.82. The number of benzene rings is 1. The van der Waals surface area contributed by atoms with Crippen LogP contribution in [0.4, 0.5) is 5.69 Å². The molecule has 1 heterocycles. The minimum Gasteiger partial charge on any atom is -0.459 e. The minimum absolute atomic E-state index is 0.845. The standard InChI is InChI=1S/C11H12N2O/c1-8-11(13-7-12-2)9-5-3-4-6-10(9)14-8/h3-7H,1-2H3,(H,12,13). The monoisotopic (exact) mass is 188 g/mol. The van der Waals surface area contributed by atoms with Gasteiger partial charge in [0.2, 0.25) is 0 Å². The summed E-state index contributed by atoms with van der Waals surface area (Å²) in [6.07, 6.45) is 1.66. The van der Waals surface area contributed by atoms with Crippen molar-refractivity contribution in [2.75, 3.05) is 7.05 Å². The molecule has 72 valence electrons. The molecular weight excluding hydrogens is 176 g/mol. The molecule has 1 N–H and O–H groups in total. The van der Waals surface area contributed by atoms with Gasteiger partial charge >= 0.3 is 0 Å². The van der Waals surface area contributed by atoms with Gasteiger partial charge in [0.05, 0.1) is 6.34 Å². The molecule has 0 saturated heterocycles. The van der Waals surface area contributed by atoms with E-state index in [2.05, 4.69) is 10.3 Å². The third kappa shape index (κ3) is 1.37. The molecule has 0 saturated carbocycles. The third-order valence-corrected chi connectivity index (χ3v) is 2.06. The molecule has 1 aromatic carbocycles. The topological polar surface area (TPSA) is 37.5 Å². The molecule has 0 fully saturated rings. The average Bonchev–Trinajstić information content (AvgIpc) is 2.51. The molecule has 0 bridgehead atoms. The van der Waals surface area contributed by atoms with Gasteiger partial charge in [0.1, 0.15) is 17.0 Å². The molecule has 0 aliphatic carbocycles. The maximum atomic E-state index is 5.55. The second-order valence-electron chi connectivity index (χ2n) is 3.05. The number of furan rings is 1. The van der Waals surface area contributed by atoms with Gasteiger partial charge in [-0.3, -0.25) is 0 Å². The van der Waals surface area contributed by atoms with Crippen LogP contribution in [0.5, 0.6) is 0 Å². The van der Waals surface area contributed by atoms with Crippen LogP contribution in [0.3, 0.4) is 0 Å². The van der Waals surface area contributed by atoms with Crippen LogP contribution in [-0.4, -0.2) is 13.4 Å². The first-order chi connectivity index (χ1) is 6.83. The SMILES string of the molecule is CN/C=N\c1c(C)oc2ccccc12. The predicted molar refractivity (Wildman–Crippen MR) is 58.2 cm³/mol. The first-order valence-electron chi connectivity index (χ1n) is 4.51. The number of nitrogens with zero attached hydrogens (tertiary/aromatic N) is 1. The Morgan fingerprint density at radius 1 is 1.36 bits per heavy atom. The van der Waals surface area contributed by atoms with Crippen molar-refractivity contribution >= 4 is 23.0 Å². The highest BCUT2D eigenvalue weighted by molar-refractivity contribution is 5.91. The van der Waals surface area contributed by atoms with Crippen LogP contribution in [-0.2, 0) is 0 Å². The quantitative estimate of drug-likeness (QED) is 0.581.